The second-order valence-electron chi connectivity index (χ2n) is 12.7. The number of hydrogen-bond donors (Lipinski definition) is 4. The Balaban J connectivity index is 1.90. The van der Waals surface area contributed by atoms with Crippen LogP contribution in [-0.2, 0) is 33.3 Å². The second-order valence-corrected chi connectivity index (χ2v) is 12.7. The maximum atomic E-state index is 14.8. The standard InChI is InChI=1S/C31H38O12/c1-15-19(35)12-30(28(4,5)39)22(15)23(41-16(2)33)25(37)29(13-32)20(36)11-21-31(14-40-21,43-17(3)34)24(29)26(30)42-27(38)18-9-7-6-8-10-18/h6-10,19-21,23-24,26,32,35-36,39H,11-14H2,1-5H3. The molecule has 1 aromatic carbocycles. The molecule has 4 aliphatic rings. The number of rotatable bonds is 6. The predicted molar refractivity (Wildman–Crippen MR) is 146 cm³/mol. The molecular formula is C31H38O12. The molecule has 1 aliphatic heterocycles. The van der Waals surface area contributed by atoms with Crippen molar-refractivity contribution in [3.63, 3.8) is 0 Å². The fourth-order valence-corrected chi connectivity index (χ4v) is 8.13. The summed E-state index contributed by atoms with van der Waals surface area (Å²) in [5, 5.41) is 46.2. The van der Waals surface area contributed by atoms with Crippen molar-refractivity contribution >= 4 is 23.7 Å². The molecule has 43 heavy (non-hydrogen) atoms. The van der Waals surface area contributed by atoms with Crippen molar-refractivity contribution in [1.82, 2.24) is 0 Å². The van der Waals surface area contributed by atoms with Gasteiger partial charge in [0.1, 0.15) is 12.2 Å². The van der Waals surface area contributed by atoms with Gasteiger partial charge in [0.25, 0.3) is 0 Å². The van der Waals surface area contributed by atoms with Crippen LogP contribution in [0.1, 0.15) is 57.8 Å². The first kappa shape index (κ1) is 31.3. The lowest BCUT2D eigenvalue weighted by atomic mass is 9.49. The summed E-state index contributed by atoms with van der Waals surface area (Å²) in [7, 11) is 0. The van der Waals surface area contributed by atoms with Gasteiger partial charge in [-0.05, 0) is 50.5 Å². The molecule has 9 atom stereocenters. The van der Waals surface area contributed by atoms with Crippen molar-refractivity contribution in [3.8, 4) is 0 Å². The van der Waals surface area contributed by atoms with Crippen LogP contribution in [0, 0.1) is 16.7 Å². The summed E-state index contributed by atoms with van der Waals surface area (Å²) in [6.45, 7) is 5.29. The van der Waals surface area contributed by atoms with Crippen LogP contribution in [0.15, 0.2) is 41.5 Å². The first-order valence-corrected chi connectivity index (χ1v) is 14.3. The van der Waals surface area contributed by atoms with E-state index in [0.29, 0.717) is 0 Å². The van der Waals surface area contributed by atoms with Crippen LogP contribution in [0.25, 0.3) is 0 Å². The van der Waals surface area contributed by atoms with E-state index in [1.54, 1.807) is 18.2 Å². The Morgan fingerprint density at radius 2 is 1.72 bits per heavy atom. The summed E-state index contributed by atoms with van der Waals surface area (Å²) in [6.07, 6.45) is -7.81. The Morgan fingerprint density at radius 1 is 1.07 bits per heavy atom. The van der Waals surface area contributed by atoms with E-state index in [9.17, 15) is 39.6 Å². The molecule has 1 aromatic rings. The summed E-state index contributed by atoms with van der Waals surface area (Å²) < 4.78 is 23.6. The smallest absolute Gasteiger partial charge is 0.338 e. The second kappa shape index (κ2) is 10.5. The van der Waals surface area contributed by atoms with E-state index >= 15 is 0 Å². The van der Waals surface area contributed by atoms with Gasteiger partial charge in [0.15, 0.2) is 17.5 Å². The number of benzene rings is 1. The van der Waals surface area contributed by atoms with Gasteiger partial charge < -0.3 is 39.4 Å². The maximum Gasteiger partial charge on any atom is 0.338 e. The topological polar surface area (TPSA) is 186 Å². The molecular weight excluding hydrogens is 564 g/mol. The van der Waals surface area contributed by atoms with Crippen molar-refractivity contribution in [2.24, 2.45) is 16.7 Å². The summed E-state index contributed by atoms with van der Waals surface area (Å²) in [6, 6.07) is 7.92. The molecule has 0 amide bonds. The number of carbonyl (C=O) groups is 4. The van der Waals surface area contributed by atoms with Crippen LogP contribution >= 0.6 is 0 Å². The van der Waals surface area contributed by atoms with E-state index in [0.717, 1.165) is 13.8 Å². The Hall–Kier alpha value is -3.16. The maximum absolute atomic E-state index is 14.8. The van der Waals surface area contributed by atoms with Crippen LogP contribution in [0.3, 0.4) is 0 Å². The minimum absolute atomic E-state index is 0.00255. The average Bonchev–Trinajstić information content (AvgIpc) is 3.16. The number of hydrogen-bond acceptors (Lipinski definition) is 12. The summed E-state index contributed by atoms with van der Waals surface area (Å²) in [5.41, 5.74) is -7.35. The lowest BCUT2D eigenvalue weighted by Gasteiger charge is -2.64. The van der Waals surface area contributed by atoms with Gasteiger partial charge in [0.2, 0.25) is 0 Å². The SMILES string of the molecule is CC(=O)OC1C(=O)C2(CO)C(O)CC3OCC3(OC(C)=O)C2C(OC(=O)c2ccccc2)C2(C(C)(C)O)CC(O)C(C)=C12. The lowest BCUT2D eigenvalue weighted by Crippen LogP contribution is -2.79. The highest BCUT2D eigenvalue weighted by Crippen LogP contribution is 2.67. The molecule has 12 heteroatoms. The fraction of sp³-hybridized carbons (Fsp3) is 0.613. The highest BCUT2D eigenvalue weighted by atomic mass is 16.6. The van der Waals surface area contributed by atoms with Crippen LogP contribution in [0.4, 0.5) is 0 Å². The summed E-state index contributed by atoms with van der Waals surface area (Å²) >= 11 is 0. The number of fused-ring (bicyclic) bond motifs is 4. The predicted octanol–water partition coefficient (Wildman–Crippen LogP) is 0.625. The Kier molecular flexibility index (Phi) is 7.62. The van der Waals surface area contributed by atoms with Gasteiger partial charge >= 0.3 is 17.9 Å². The highest BCUT2D eigenvalue weighted by Gasteiger charge is 2.80. The zero-order valence-corrected chi connectivity index (χ0v) is 24.7. The Morgan fingerprint density at radius 3 is 2.23 bits per heavy atom. The number of esters is 3. The number of carbonyl (C=O) groups excluding carboxylic acids is 4. The monoisotopic (exact) mass is 602 g/mol. The summed E-state index contributed by atoms with van der Waals surface area (Å²) in [5.74, 6) is -4.95. The van der Waals surface area contributed by atoms with Crippen LogP contribution in [0.2, 0.25) is 0 Å². The minimum Gasteiger partial charge on any atom is -0.457 e. The molecule has 12 nitrogen and oxygen atoms in total. The third kappa shape index (κ3) is 4.29. The first-order chi connectivity index (χ1) is 20.1. The Bertz CT molecular complexity index is 1360. The van der Waals surface area contributed by atoms with E-state index < -0.39 is 88.8 Å². The number of ketones is 1. The quantitative estimate of drug-likeness (QED) is 0.202. The molecule has 2 saturated carbocycles. The molecule has 0 aromatic heterocycles. The molecule has 0 spiro atoms. The van der Waals surface area contributed by atoms with Gasteiger partial charge in [-0.1, -0.05) is 18.2 Å². The Labute approximate surface area is 248 Å². The van der Waals surface area contributed by atoms with Gasteiger partial charge in [0.05, 0.1) is 53.3 Å². The number of aliphatic hydroxyl groups excluding tert-OH is 3. The molecule has 1 saturated heterocycles. The van der Waals surface area contributed by atoms with Crippen LogP contribution in [0.5, 0.6) is 0 Å². The molecule has 234 valence electrons. The zero-order valence-electron chi connectivity index (χ0n) is 24.7. The molecule has 9 unspecified atom stereocenters. The molecule has 0 bridgehead atoms. The third-order valence-corrected chi connectivity index (χ3v) is 10.1. The number of ether oxygens (including phenoxy) is 4. The van der Waals surface area contributed by atoms with Crippen molar-refractivity contribution in [1.29, 1.82) is 0 Å². The summed E-state index contributed by atoms with van der Waals surface area (Å²) in [4.78, 5) is 53.8. The third-order valence-electron chi connectivity index (χ3n) is 10.1. The largest absolute Gasteiger partial charge is 0.457 e. The van der Waals surface area contributed by atoms with Crippen LogP contribution < -0.4 is 0 Å². The molecule has 3 fully saturated rings. The van der Waals surface area contributed by atoms with E-state index in [2.05, 4.69) is 0 Å². The fourth-order valence-electron chi connectivity index (χ4n) is 8.13. The molecule has 1 heterocycles. The zero-order chi connectivity index (χ0) is 31.7. The molecule has 3 aliphatic carbocycles. The van der Waals surface area contributed by atoms with Gasteiger partial charge in [-0.2, -0.15) is 0 Å². The molecule has 5 rings (SSSR count). The lowest BCUT2D eigenvalue weighted by molar-refractivity contribution is -0.341. The normalized spacial score (nSPS) is 38.6. The van der Waals surface area contributed by atoms with E-state index in [-0.39, 0.29) is 36.2 Å². The number of aliphatic hydroxyl groups is 4. The number of Topliss-reactive ketones (excluding diaryl/α,β-unsaturated/α-hetero) is 1. The molecule has 0 radical (unpaired) electrons. The van der Waals surface area contributed by atoms with Gasteiger partial charge in [-0.15, -0.1) is 0 Å². The van der Waals surface area contributed by atoms with Gasteiger partial charge in [-0.3, -0.25) is 14.4 Å². The van der Waals surface area contributed by atoms with E-state index in [4.69, 9.17) is 18.9 Å². The minimum atomic E-state index is -2.22. The van der Waals surface area contributed by atoms with Crippen LogP contribution in [-0.4, -0.2) is 99.1 Å². The molecule has 4 N–H and O–H groups in total. The van der Waals surface area contributed by atoms with Crippen molar-refractivity contribution < 1.29 is 58.6 Å². The van der Waals surface area contributed by atoms with Gasteiger partial charge in [0, 0.05) is 20.3 Å². The van der Waals surface area contributed by atoms with Crippen molar-refractivity contribution in [2.75, 3.05) is 13.2 Å². The van der Waals surface area contributed by atoms with Crippen molar-refractivity contribution in [2.45, 2.75) is 89.2 Å². The van der Waals surface area contributed by atoms with E-state index in [1.807, 2.05) is 0 Å². The first-order valence-electron chi connectivity index (χ1n) is 14.3. The van der Waals surface area contributed by atoms with Crippen molar-refractivity contribution in [3.05, 3.63) is 47.0 Å². The van der Waals surface area contributed by atoms with Gasteiger partial charge in [-0.25, -0.2) is 4.79 Å². The average molecular weight is 603 g/mol. The van der Waals surface area contributed by atoms with E-state index in [1.165, 1.54) is 32.9 Å². The highest BCUT2D eigenvalue weighted by molar-refractivity contribution is 5.96.